The third-order valence-electron chi connectivity index (χ3n) is 4.54. The zero-order valence-corrected chi connectivity index (χ0v) is 13.1. The van der Waals surface area contributed by atoms with Crippen LogP contribution < -0.4 is 10.1 Å². The van der Waals surface area contributed by atoms with E-state index in [1.54, 1.807) is 7.11 Å². The van der Waals surface area contributed by atoms with Crippen LogP contribution in [0.4, 0.5) is 5.69 Å². The van der Waals surface area contributed by atoms with Gasteiger partial charge in [-0.1, -0.05) is 31.2 Å². The maximum atomic E-state index is 12.7. The van der Waals surface area contributed by atoms with E-state index in [0.717, 1.165) is 30.7 Å². The van der Waals surface area contributed by atoms with E-state index >= 15 is 0 Å². The molecule has 0 unspecified atom stereocenters. The predicted molar refractivity (Wildman–Crippen MR) is 88.2 cm³/mol. The van der Waals surface area contributed by atoms with Crippen LogP contribution in [0.15, 0.2) is 48.5 Å². The van der Waals surface area contributed by atoms with Crippen molar-refractivity contribution in [1.82, 2.24) is 0 Å². The molecule has 0 spiro atoms. The molecule has 0 heterocycles. The Hall–Kier alpha value is -2.29. The summed E-state index contributed by atoms with van der Waals surface area (Å²) in [5.41, 5.74) is 3.12. The van der Waals surface area contributed by atoms with Crippen LogP contribution in [0, 0.1) is 5.41 Å². The molecule has 0 radical (unpaired) electrons. The van der Waals surface area contributed by atoms with Crippen molar-refractivity contribution in [3.63, 3.8) is 0 Å². The molecule has 0 aliphatic heterocycles. The van der Waals surface area contributed by atoms with Crippen molar-refractivity contribution in [2.24, 2.45) is 5.41 Å². The predicted octanol–water partition coefficient (Wildman–Crippen LogP) is 3.83. The second-order valence-corrected chi connectivity index (χ2v) is 6.19. The summed E-state index contributed by atoms with van der Waals surface area (Å²) in [6.07, 6.45) is 2.64. The second-order valence-electron chi connectivity index (χ2n) is 6.19. The fourth-order valence-electron chi connectivity index (χ4n) is 3.04. The average Bonchev–Trinajstić information content (AvgIpc) is 2.55. The summed E-state index contributed by atoms with van der Waals surface area (Å²) >= 11 is 0. The van der Waals surface area contributed by atoms with Crippen molar-refractivity contribution in [1.29, 1.82) is 0 Å². The summed E-state index contributed by atoms with van der Waals surface area (Å²) < 4.78 is 5.14. The Morgan fingerprint density at radius 1 is 1.09 bits per heavy atom. The lowest BCUT2D eigenvalue weighted by atomic mass is 9.72. The minimum absolute atomic E-state index is 0.0900. The minimum atomic E-state index is -0.353. The standard InChI is InChI=1S/C19H21NO2/c1-19(12-11-14-5-3-4-6-15(14)13-19)18(21)20-16-7-9-17(22-2)10-8-16/h3-10H,11-13H2,1-2H3,(H,20,21)/t19-/m0/s1. The van der Waals surface area contributed by atoms with Gasteiger partial charge in [0.1, 0.15) is 5.75 Å². The molecule has 1 amide bonds. The molecule has 0 saturated heterocycles. The number of hydrogen-bond acceptors (Lipinski definition) is 2. The van der Waals surface area contributed by atoms with Crippen LogP contribution in [-0.2, 0) is 17.6 Å². The van der Waals surface area contributed by atoms with E-state index in [0.29, 0.717) is 0 Å². The maximum Gasteiger partial charge on any atom is 0.230 e. The number of aryl methyl sites for hydroxylation is 1. The Bertz CT molecular complexity index is 678. The normalized spacial score (nSPS) is 20.1. The van der Waals surface area contributed by atoms with Crippen LogP contribution >= 0.6 is 0 Å². The van der Waals surface area contributed by atoms with Gasteiger partial charge in [0.2, 0.25) is 5.91 Å². The molecule has 114 valence electrons. The number of rotatable bonds is 3. The monoisotopic (exact) mass is 295 g/mol. The molecule has 2 aromatic rings. The van der Waals surface area contributed by atoms with Crippen molar-refractivity contribution < 1.29 is 9.53 Å². The van der Waals surface area contributed by atoms with Crippen LogP contribution in [-0.4, -0.2) is 13.0 Å². The van der Waals surface area contributed by atoms with E-state index in [2.05, 4.69) is 30.4 Å². The Kier molecular flexibility index (Phi) is 3.88. The molecular formula is C19H21NO2. The van der Waals surface area contributed by atoms with E-state index in [1.807, 2.05) is 30.3 Å². The largest absolute Gasteiger partial charge is 0.497 e. The van der Waals surface area contributed by atoms with E-state index in [9.17, 15) is 4.79 Å². The number of carbonyl (C=O) groups is 1. The van der Waals surface area contributed by atoms with Gasteiger partial charge in [-0.2, -0.15) is 0 Å². The van der Waals surface area contributed by atoms with Crippen LogP contribution in [0.3, 0.4) is 0 Å². The third-order valence-corrected chi connectivity index (χ3v) is 4.54. The Morgan fingerprint density at radius 3 is 2.45 bits per heavy atom. The van der Waals surface area contributed by atoms with Gasteiger partial charge in [0.05, 0.1) is 12.5 Å². The molecule has 3 heteroatoms. The van der Waals surface area contributed by atoms with Gasteiger partial charge in [-0.05, 0) is 54.7 Å². The molecule has 2 aromatic carbocycles. The number of nitrogens with one attached hydrogen (secondary N) is 1. The number of amides is 1. The van der Waals surface area contributed by atoms with E-state index in [1.165, 1.54) is 11.1 Å². The number of benzene rings is 2. The number of ether oxygens (including phenoxy) is 1. The first-order valence-electron chi connectivity index (χ1n) is 7.63. The van der Waals surface area contributed by atoms with Crippen molar-refractivity contribution >= 4 is 11.6 Å². The van der Waals surface area contributed by atoms with Crippen LogP contribution in [0.5, 0.6) is 5.75 Å². The summed E-state index contributed by atoms with van der Waals surface area (Å²) in [4.78, 5) is 12.7. The molecule has 0 bridgehead atoms. The van der Waals surface area contributed by atoms with Crippen LogP contribution in [0.2, 0.25) is 0 Å². The quantitative estimate of drug-likeness (QED) is 0.934. The molecule has 1 aliphatic carbocycles. The molecule has 0 fully saturated rings. The Morgan fingerprint density at radius 2 is 1.77 bits per heavy atom. The summed E-state index contributed by atoms with van der Waals surface area (Å²) in [6, 6.07) is 15.9. The molecule has 22 heavy (non-hydrogen) atoms. The molecule has 1 atom stereocenters. The van der Waals surface area contributed by atoms with Gasteiger partial charge in [-0.15, -0.1) is 0 Å². The Labute approximate surface area is 131 Å². The van der Waals surface area contributed by atoms with Gasteiger partial charge in [-0.25, -0.2) is 0 Å². The zero-order valence-electron chi connectivity index (χ0n) is 13.1. The fourth-order valence-corrected chi connectivity index (χ4v) is 3.04. The topological polar surface area (TPSA) is 38.3 Å². The number of fused-ring (bicyclic) bond motifs is 1. The maximum absolute atomic E-state index is 12.7. The van der Waals surface area contributed by atoms with Gasteiger partial charge < -0.3 is 10.1 Å². The summed E-state index contributed by atoms with van der Waals surface area (Å²) in [7, 11) is 1.63. The van der Waals surface area contributed by atoms with Crippen molar-refractivity contribution in [2.45, 2.75) is 26.2 Å². The average molecular weight is 295 g/mol. The van der Waals surface area contributed by atoms with Gasteiger partial charge in [-0.3, -0.25) is 4.79 Å². The molecular weight excluding hydrogens is 274 g/mol. The first-order chi connectivity index (χ1) is 10.6. The molecule has 0 saturated carbocycles. The van der Waals surface area contributed by atoms with Gasteiger partial charge in [0, 0.05) is 5.69 Å². The van der Waals surface area contributed by atoms with Crippen molar-refractivity contribution in [3.8, 4) is 5.75 Å². The Balaban J connectivity index is 1.74. The number of carbonyl (C=O) groups excluding carboxylic acids is 1. The van der Waals surface area contributed by atoms with Crippen LogP contribution in [0.25, 0.3) is 0 Å². The lowest BCUT2D eigenvalue weighted by Crippen LogP contribution is -2.38. The molecule has 1 aliphatic rings. The summed E-state index contributed by atoms with van der Waals surface area (Å²) in [5, 5.41) is 3.04. The minimum Gasteiger partial charge on any atom is -0.497 e. The highest BCUT2D eigenvalue weighted by Crippen LogP contribution is 2.36. The van der Waals surface area contributed by atoms with Crippen LogP contribution in [0.1, 0.15) is 24.5 Å². The lowest BCUT2D eigenvalue weighted by Gasteiger charge is -2.33. The number of hydrogen-bond donors (Lipinski definition) is 1. The van der Waals surface area contributed by atoms with Gasteiger partial charge >= 0.3 is 0 Å². The number of methoxy groups -OCH3 is 1. The van der Waals surface area contributed by atoms with E-state index < -0.39 is 0 Å². The van der Waals surface area contributed by atoms with Crippen molar-refractivity contribution in [3.05, 3.63) is 59.7 Å². The second kappa shape index (κ2) is 5.84. The lowest BCUT2D eigenvalue weighted by molar-refractivity contribution is -0.125. The van der Waals surface area contributed by atoms with Gasteiger partial charge in [0.15, 0.2) is 0 Å². The van der Waals surface area contributed by atoms with E-state index in [-0.39, 0.29) is 11.3 Å². The SMILES string of the molecule is COc1ccc(NC(=O)[C@@]2(C)CCc3ccccc3C2)cc1. The fraction of sp³-hybridized carbons (Fsp3) is 0.316. The highest BCUT2D eigenvalue weighted by molar-refractivity contribution is 5.95. The third kappa shape index (κ3) is 2.84. The number of anilines is 1. The molecule has 0 aromatic heterocycles. The molecule has 3 nitrogen and oxygen atoms in total. The first-order valence-corrected chi connectivity index (χ1v) is 7.63. The molecule has 3 rings (SSSR count). The first kappa shape index (κ1) is 14.6. The smallest absolute Gasteiger partial charge is 0.230 e. The van der Waals surface area contributed by atoms with Gasteiger partial charge in [0.25, 0.3) is 0 Å². The molecule has 1 N–H and O–H groups in total. The van der Waals surface area contributed by atoms with E-state index in [4.69, 9.17) is 4.74 Å². The highest BCUT2D eigenvalue weighted by Gasteiger charge is 2.36. The summed E-state index contributed by atoms with van der Waals surface area (Å²) in [6.45, 7) is 2.06. The highest BCUT2D eigenvalue weighted by atomic mass is 16.5. The summed E-state index contributed by atoms with van der Waals surface area (Å²) in [5.74, 6) is 0.878. The zero-order chi connectivity index (χ0) is 15.6. The van der Waals surface area contributed by atoms with Crippen molar-refractivity contribution in [2.75, 3.05) is 12.4 Å².